The highest BCUT2D eigenvalue weighted by Crippen LogP contribution is 2.10. The van der Waals surface area contributed by atoms with Crippen LogP contribution in [-0.2, 0) is 6.42 Å². The Labute approximate surface area is 98.0 Å². The van der Waals surface area contributed by atoms with Crippen molar-refractivity contribution in [2.45, 2.75) is 18.2 Å². The minimum Gasteiger partial charge on any atom is -0.477 e. The Morgan fingerprint density at radius 3 is 2.73 bits per heavy atom. The van der Waals surface area contributed by atoms with E-state index in [0.717, 1.165) is 18.4 Å². The number of aromatic carboxylic acids is 1. The molecule has 0 saturated heterocycles. The van der Waals surface area contributed by atoms with Gasteiger partial charge >= 0.3 is 5.97 Å². The van der Waals surface area contributed by atoms with Gasteiger partial charge in [0, 0.05) is 17.5 Å². The quantitative estimate of drug-likeness (QED) is 0.814. The molecule has 82 valence electrons. The van der Waals surface area contributed by atoms with Gasteiger partial charge in [-0.25, -0.2) is 9.78 Å². The van der Waals surface area contributed by atoms with Crippen molar-refractivity contribution in [3.05, 3.63) is 29.6 Å². The van der Waals surface area contributed by atoms with Gasteiger partial charge in [0.25, 0.3) is 0 Å². The van der Waals surface area contributed by atoms with Crippen molar-refractivity contribution < 1.29 is 9.90 Å². The maximum atomic E-state index is 10.5. The summed E-state index contributed by atoms with van der Waals surface area (Å²) >= 11 is 11.4. The van der Waals surface area contributed by atoms with Crippen molar-refractivity contribution in [3.63, 3.8) is 0 Å². The van der Waals surface area contributed by atoms with Gasteiger partial charge in [0.05, 0.1) is 0 Å². The predicted molar refractivity (Wildman–Crippen MR) is 59.9 cm³/mol. The average Bonchev–Trinajstić information content (AvgIpc) is 2.26. The normalized spacial score (nSPS) is 12.4. The van der Waals surface area contributed by atoms with Crippen LogP contribution in [0.15, 0.2) is 18.3 Å². The summed E-state index contributed by atoms with van der Waals surface area (Å²) in [5.74, 6) is -0.597. The molecule has 0 spiro atoms. The summed E-state index contributed by atoms with van der Waals surface area (Å²) in [4.78, 5) is 14.3. The van der Waals surface area contributed by atoms with Gasteiger partial charge in [-0.3, -0.25) is 0 Å². The molecule has 1 aromatic heterocycles. The molecule has 1 atom stereocenters. The molecule has 0 amide bonds. The van der Waals surface area contributed by atoms with E-state index in [0.29, 0.717) is 5.88 Å². The topological polar surface area (TPSA) is 50.2 Å². The summed E-state index contributed by atoms with van der Waals surface area (Å²) in [6.07, 6.45) is 3.08. The number of nitrogens with zero attached hydrogens (tertiary/aromatic N) is 1. The van der Waals surface area contributed by atoms with E-state index in [2.05, 4.69) is 4.98 Å². The molecule has 1 N–H and O–H groups in total. The van der Waals surface area contributed by atoms with Crippen LogP contribution in [0.5, 0.6) is 0 Å². The number of carboxylic acids is 1. The molecule has 0 bridgehead atoms. The molecule has 0 radical (unpaired) electrons. The third-order valence-electron chi connectivity index (χ3n) is 1.96. The molecule has 1 aromatic rings. The first-order chi connectivity index (χ1) is 7.13. The van der Waals surface area contributed by atoms with Crippen molar-refractivity contribution in [1.29, 1.82) is 0 Å². The first-order valence-electron chi connectivity index (χ1n) is 4.51. The van der Waals surface area contributed by atoms with Gasteiger partial charge in [0.15, 0.2) is 0 Å². The minimum absolute atomic E-state index is 0.0502. The van der Waals surface area contributed by atoms with Crippen molar-refractivity contribution >= 4 is 29.2 Å². The molecule has 0 saturated carbocycles. The van der Waals surface area contributed by atoms with Gasteiger partial charge in [-0.1, -0.05) is 6.07 Å². The van der Waals surface area contributed by atoms with Crippen LogP contribution < -0.4 is 0 Å². The number of halogens is 2. The van der Waals surface area contributed by atoms with Crippen LogP contribution in [0.2, 0.25) is 0 Å². The van der Waals surface area contributed by atoms with Crippen LogP contribution in [0, 0.1) is 0 Å². The molecule has 0 fully saturated rings. The molecular weight excluding hydrogens is 237 g/mol. The second-order valence-corrected chi connectivity index (χ2v) is 4.07. The first kappa shape index (κ1) is 12.3. The second kappa shape index (κ2) is 5.93. The number of aromatic nitrogens is 1. The Balaban J connectivity index is 2.53. The number of carboxylic acid groups (broad SMARTS) is 1. The Morgan fingerprint density at radius 1 is 1.53 bits per heavy atom. The van der Waals surface area contributed by atoms with Crippen LogP contribution in [0.4, 0.5) is 0 Å². The largest absolute Gasteiger partial charge is 0.477 e. The highest BCUT2D eigenvalue weighted by Gasteiger charge is 2.05. The number of pyridine rings is 1. The zero-order valence-corrected chi connectivity index (χ0v) is 9.50. The molecule has 0 unspecified atom stereocenters. The van der Waals surface area contributed by atoms with E-state index >= 15 is 0 Å². The lowest BCUT2D eigenvalue weighted by Gasteiger charge is -2.04. The number of hydrogen-bond acceptors (Lipinski definition) is 2. The van der Waals surface area contributed by atoms with Crippen molar-refractivity contribution in [2.75, 3.05) is 5.88 Å². The van der Waals surface area contributed by atoms with E-state index in [9.17, 15) is 4.79 Å². The van der Waals surface area contributed by atoms with Crippen LogP contribution >= 0.6 is 23.2 Å². The SMILES string of the molecule is O=C(O)c1ccc(CC[C@H](Cl)CCl)cn1. The van der Waals surface area contributed by atoms with E-state index in [4.69, 9.17) is 28.3 Å². The summed E-state index contributed by atoms with van der Waals surface area (Å²) in [7, 11) is 0. The van der Waals surface area contributed by atoms with E-state index in [-0.39, 0.29) is 11.1 Å². The van der Waals surface area contributed by atoms with E-state index < -0.39 is 5.97 Å². The second-order valence-electron chi connectivity index (χ2n) is 3.15. The fourth-order valence-corrected chi connectivity index (χ4v) is 1.36. The van der Waals surface area contributed by atoms with E-state index in [1.165, 1.54) is 6.07 Å². The van der Waals surface area contributed by atoms with Gasteiger partial charge in [0.1, 0.15) is 5.69 Å². The van der Waals surface area contributed by atoms with Crippen LogP contribution in [0.25, 0.3) is 0 Å². The zero-order chi connectivity index (χ0) is 11.3. The molecule has 0 aliphatic heterocycles. The predicted octanol–water partition coefficient (Wildman–Crippen LogP) is 2.56. The summed E-state index contributed by atoms with van der Waals surface area (Å²) in [5.41, 5.74) is 1.02. The molecule has 3 nitrogen and oxygen atoms in total. The Morgan fingerprint density at radius 2 is 2.27 bits per heavy atom. The van der Waals surface area contributed by atoms with Gasteiger partial charge < -0.3 is 5.11 Å². The smallest absolute Gasteiger partial charge is 0.354 e. The Kier molecular flexibility index (Phi) is 4.85. The zero-order valence-electron chi connectivity index (χ0n) is 7.99. The molecular formula is C10H11Cl2NO2. The third-order valence-corrected chi connectivity index (χ3v) is 2.86. The van der Waals surface area contributed by atoms with Gasteiger partial charge in [-0.05, 0) is 24.5 Å². The number of aryl methyl sites for hydroxylation is 1. The Bertz CT molecular complexity index is 327. The lowest BCUT2D eigenvalue weighted by atomic mass is 10.1. The standard InChI is InChI=1S/C10H11Cl2NO2/c11-5-8(12)3-1-7-2-4-9(10(14)15)13-6-7/h2,4,6,8H,1,3,5H2,(H,14,15)/t8-/m0/s1. The van der Waals surface area contributed by atoms with E-state index in [1.54, 1.807) is 12.3 Å². The molecule has 1 rings (SSSR count). The highest BCUT2D eigenvalue weighted by atomic mass is 35.5. The monoisotopic (exact) mass is 247 g/mol. The minimum atomic E-state index is -1.02. The van der Waals surface area contributed by atoms with Crippen molar-refractivity contribution in [2.24, 2.45) is 0 Å². The summed E-state index contributed by atoms with van der Waals surface area (Å²) in [6, 6.07) is 3.23. The fourth-order valence-electron chi connectivity index (χ4n) is 1.10. The number of alkyl halides is 2. The summed E-state index contributed by atoms with van der Waals surface area (Å²) in [6.45, 7) is 0. The molecule has 0 aliphatic rings. The summed E-state index contributed by atoms with van der Waals surface area (Å²) in [5, 5.41) is 8.58. The van der Waals surface area contributed by atoms with Crippen LogP contribution in [0.1, 0.15) is 22.5 Å². The molecule has 5 heteroatoms. The third kappa shape index (κ3) is 4.06. The number of rotatable bonds is 5. The number of carbonyl (C=O) groups is 1. The van der Waals surface area contributed by atoms with Gasteiger partial charge in [0.2, 0.25) is 0 Å². The van der Waals surface area contributed by atoms with E-state index in [1.807, 2.05) is 0 Å². The Hall–Kier alpha value is -0.800. The lowest BCUT2D eigenvalue weighted by molar-refractivity contribution is 0.0690. The lowest BCUT2D eigenvalue weighted by Crippen LogP contribution is -2.04. The first-order valence-corrected chi connectivity index (χ1v) is 5.49. The molecule has 1 heterocycles. The maximum absolute atomic E-state index is 10.5. The van der Waals surface area contributed by atoms with Crippen LogP contribution in [-0.4, -0.2) is 27.3 Å². The average molecular weight is 248 g/mol. The van der Waals surface area contributed by atoms with Gasteiger partial charge in [-0.2, -0.15) is 0 Å². The van der Waals surface area contributed by atoms with Gasteiger partial charge in [-0.15, -0.1) is 23.2 Å². The van der Waals surface area contributed by atoms with Crippen molar-refractivity contribution in [3.8, 4) is 0 Å². The van der Waals surface area contributed by atoms with Crippen molar-refractivity contribution in [1.82, 2.24) is 4.98 Å². The number of hydrogen-bond donors (Lipinski definition) is 1. The fraction of sp³-hybridized carbons (Fsp3) is 0.400. The maximum Gasteiger partial charge on any atom is 0.354 e. The van der Waals surface area contributed by atoms with Crippen LogP contribution in [0.3, 0.4) is 0 Å². The molecule has 15 heavy (non-hydrogen) atoms. The molecule has 0 aromatic carbocycles. The summed E-state index contributed by atoms with van der Waals surface area (Å²) < 4.78 is 0. The molecule has 0 aliphatic carbocycles. The highest BCUT2D eigenvalue weighted by molar-refractivity contribution is 6.28.